The Morgan fingerprint density at radius 3 is 2.64 bits per heavy atom. The van der Waals surface area contributed by atoms with Gasteiger partial charge in [-0.05, 0) is 31.4 Å². The van der Waals surface area contributed by atoms with Crippen molar-refractivity contribution in [3.63, 3.8) is 0 Å². The van der Waals surface area contributed by atoms with E-state index in [0.29, 0.717) is 5.56 Å². The first-order valence-corrected chi connectivity index (χ1v) is 10.1. The molecular weight excluding hydrogens is 348 g/mol. The summed E-state index contributed by atoms with van der Waals surface area (Å²) >= 11 is 0. The van der Waals surface area contributed by atoms with Gasteiger partial charge in [0.25, 0.3) is 0 Å². The van der Waals surface area contributed by atoms with E-state index in [1.807, 2.05) is 49.4 Å². The Bertz CT molecular complexity index is 1010. The van der Waals surface area contributed by atoms with Gasteiger partial charge in [0.1, 0.15) is 0 Å². The van der Waals surface area contributed by atoms with Crippen molar-refractivity contribution in [2.75, 3.05) is 5.32 Å². The number of carbonyl (C=O) groups excluding carboxylic acids is 1. The van der Waals surface area contributed by atoms with Crippen molar-refractivity contribution in [3.8, 4) is 0 Å². The maximum atomic E-state index is 13.4. The van der Waals surface area contributed by atoms with Crippen LogP contribution in [0.25, 0.3) is 10.9 Å². The lowest BCUT2D eigenvalue weighted by Crippen LogP contribution is -2.19. The van der Waals surface area contributed by atoms with Gasteiger partial charge in [0.2, 0.25) is 0 Å². The summed E-state index contributed by atoms with van der Waals surface area (Å²) in [7, 11) is 0. The van der Waals surface area contributed by atoms with Gasteiger partial charge in [-0.15, -0.1) is 0 Å². The zero-order chi connectivity index (χ0) is 19.5. The van der Waals surface area contributed by atoms with Crippen LogP contribution in [0.5, 0.6) is 0 Å². The molecule has 0 amide bonds. The van der Waals surface area contributed by atoms with E-state index in [2.05, 4.69) is 10.3 Å². The topological polar surface area (TPSA) is 62.2 Å². The maximum Gasteiger partial charge on any atom is 0.169 e. The molecule has 0 unspecified atom stereocenters. The van der Waals surface area contributed by atoms with Crippen molar-refractivity contribution < 1.29 is 9.90 Å². The normalized spacial score (nSPS) is 14.9. The van der Waals surface area contributed by atoms with Crippen LogP contribution in [0.15, 0.2) is 48.7 Å². The number of Topliss-reactive ketones (excluding diaryl/α,β-unsaturated/α-hetero) is 1. The first kappa shape index (κ1) is 18.6. The predicted molar refractivity (Wildman–Crippen MR) is 113 cm³/mol. The summed E-state index contributed by atoms with van der Waals surface area (Å²) in [6, 6.07) is 13.8. The zero-order valence-electron chi connectivity index (χ0n) is 16.2. The van der Waals surface area contributed by atoms with E-state index in [0.717, 1.165) is 59.1 Å². The number of pyridine rings is 1. The van der Waals surface area contributed by atoms with Crippen molar-refractivity contribution in [2.24, 2.45) is 5.92 Å². The van der Waals surface area contributed by atoms with Gasteiger partial charge in [-0.3, -0.25) is 9.78 Å². The number of para-hydroxylation sites is 2. The SMILES string of the molecule is Cc1ccccc1Nc1c(C(=O)C2CCCCC2)cnc2c(CO)cccc12. The number of nitrogens with one attached hydrogen (secondary N) is 1. The van der Waals surface area contributed by atoms with Gasteiger partial charge in [0.05, 0.1) is 23.4 Å². The Labute approximate surface area is 165 Å². The molecule has 2 aromatic carbocycles. The monoisotopic (exact) mass is 374 g/mol. The average molecular weight is 374 g/mol. The number of hydrogen-bond donors (Lipinski definition) is 2. The van der Waals surface area contributed by atoms with E-state index < -0.39 is 0 Å². The van der Waals surface area contributed by atoms with Crippen LogP contribution < -0.4 is 5.32 Å². The second-order valence-electron chi connectivity index (χ2n) is 7.66. The fourth-order valence-electron chi connectivity index (χ4n) is 4.17. The quantitative estimate of drug-likeness (QED) is 0.575. The minimum absolute atomic E-state index is 0.0754. The Kier molecular flexibility index (Phi) is 5.40. The third-order valence-corrected chi connectivity index (χ3v) is 5.80. The number of ketones is 1. The molecule has 144 valence electrons. The van der Waals surface area contributed by atoms with Gasteiger partial charge >= 0.3 is 0 Å². The molecule has 0 spiro atoms. The number of fused-ring (bicyclic) bond motifs is 1. The van der Waals surface area contributed by atoms with Crippen LogP contribution >= 0.6 is 0 Å². The third-order valence-electron chi connectivity index (χ3n) is 5.80. The highest BCUT2D eigenvalue weighted by atomic mass is 16.3. The number of aromatic nitrogens is 1. The second kappa shape index (κ2) is 8.11. The van der Waals surface area contributed by atoms with Crippen LogP contribution in [0.1, 0.15) is 53.6 Å². The highest BCUT2D eigenvalue weighted by Gasteiger charge is 2.26. The van der Waals surface area contributed by atoms with E-state index >= 15 is 0 Å². The fourth-order valence-corrected chi connectivity index (χ4v) is 4.17. The first-order valence-electron chi connectivity index (χ1n) is 10.1. The fraction of sp³-hybridized carbons (Fsp3) is 0.333. The molecule has 1 aliphatic carbocycles. The average Bonchev–Trinajstić information content (AvgIpc) is 2.75. The standard InChI is InChI=1S/C24H26N2O2/c1-16-8-5-6-13-21(16)26-23-19-12-7-11-18(15-27)22(19)25-14-20(23)24(28)17-9-3-2-4-10-17/h5-8,11-14,17,27H,2-4,9-10,15H2,1H3,(H,25,26). The molecule has 0 saturated heterocycles. The number of aryl methyl sites for hydroxylation is 1. The molecule has 28 heavy (non-hydrogen) atoms. The molecule has 0 bridgehead atoms. The summed E-state index contributed by atoms with van der Waals surface area (Å²) in [6.45, 7) is 1.97. The highest BCUT2D eigenvalue weighted by Crippen LogP contribution is 2.35. The number of benzene rings is 2. The molecule has 0 radical (unpaired) electrons. The van der Waals surface area contributed by atoms with Gasteiger partial charge < -0.3 is 10.4 Å². The van der Waals surface area contributed by atoms with Crippen LogP contribution in [-0.4, -0.2) is 15.9 Å². The van der Waals surface area contributed by atoms with E-state index in [1.54, 1.807) is 6.20 Å². The van der Waals surface area contributed by atoms with Crippen molar-refractivity contribution in [3.05, 3.63) is 65.4 Å². The second-order valence-corrected chi connectivity index (χ2v) is 7.66. The van der Waals surface area contributed by atoms with E-state index in [1.165, 1.54) is 6.42 Å². The molecule has 2 N–H and O–H groups in total. The summed E-state index contributed by atoms with van der Waals surface area (Å²) in [5.41, 5.74) is 5.04. The summed E-state index contributed by atoms with van der Waals surface area (Å²) in [6.07, 6.45) is 7.06. The molecule has 3 aromatic rings. The summed E-state index contributed by atoms with van der Waals surface area (Å²) in [5, 5.41) is 14.1. The number of carbonyl (C=O) groups is 1. The molecule has 0 atom stereocenters. The van der Waals surface area contributed by atoms with Crippen molar-refractivity contribution in [2.45, 2.75) is 45.6 Å². The lowest BCUT2D eigenvalue weighted by molar-refractivity contribution is 0.0890. The number of nitrogens with zero attached hydrogens (tertiary/aromatic N) is 1. The Morgan fingerprint density at radius 1 is 1.11 bits per heavy atom. The van der Waals surface area contributed by atoms with Crippen LogP contribution in [-0.2, 0) is 6.61 Å². The molecule has 4 nitrogen and oxygen atoms in total. The third kappa shape index (κ3) is 3.52. The molecule has 4 heteroatoms. The summed E-state index contributed by atoms with van der Waals surface area (Å²) in [5.74, 6) is 0.256. The summed E-state index contributed by atoms with van der Waals surface area (Å²) in [4.78, 5) is 17.9. The molecule has 1 aromatic heterocycles. The van der Waals surface area contributed by atoms with Crippen molar-refractivity contribution in [1.29, 1.82) is 0 Å². The minimum Gasteiger partial charge on any atom is -0.392 e. The number of aliphatic hydroxyl groups excluding tert-OH is 1. The number of anilines is 2. The molecule has 1 aliphatic rings. The Morgan fingerprint density at radius 2 is 1.89 bits per heavy atom. The summed E-state index contributed by atoms with van der Waals surface area (Å²) < 4.78 is 0. The van der Waals surface area contributed by atoms with Crippen LogP contribution in [0.2, 0.25) is 0 Å². The van der Waals surface area contributed by atoms with Crippen molar-refractivity contribution >= 4 is 28.1 Å². The molecule has 4 rings (SSSR count). The Hall–Kier alpha value is -2.72. The lowest BCUT2D eigenvalue weighted by atomic mass is 9.83. The molecule has 1 heterocycles. The maximum absolute atomic E-state index is 13.4. The van der Waals surface area contributed by atoms with E-state index in [9.17, 15) is 9.90 Å². The number of rotatable bonds is 5. The van der Waals surface area contributed by atoms with Crippen LogP contribution in [0.3, 0.4) is 0 Å². The van der Waals surface area contributed by atoms with Crippen LogP contribution in [0.4, 0.5) is 11.4 Å². The smallest absolute Gasteiger partial charge is 0.169 e. The van der Waals surface area contributed by atoms with Gasteiger partial charge in [-0.2, -0.15) is 0 Å². The van der Waals surface area contributed by atoms with E-state index in [4.69, 9.17) is 0 Å². The van der Waals surface area contributed by atoms with Gasteiger partial charge in [-0.1, -0.05) is 55.7 Å². The molecule has 1 fully saturated rings. The van der Waals surface area contributed by atoms with Crippen molar-refractivity contribution in [1.82, 2.24) is 4.98 Å². The van der Waals surface area contributed by atoms with Gasteiger partial charge in [-0.25, -0.2) is 0 Å². The minimum atomic E-state index is -0.0793. The highest BCUT2D eigenvalue weighted by molar-refractivity contribution is 6.10. The number of aliphatic hydroxyl groups is 1. The van der Waals surface area contributed by atoms with Crippen LogP contribution in [0, 0.1) is 12.8 Å². The van der Waals surface area contributed by atoms with Gasteiger partial charge in [0.15, 0.2) is 5.78 Å². The van der Waals surface area contributed by atoms with Gasteiger partial charge in [0, 0.05) is 28.8 Å². The van der Waals surface area contributed by atoms with E-state index in [-0.39, 0.29) is 18.3 Å². The predicted octanol–water partition coefficient (Wildman–Crippen LogP) is 5.54. The first-order chi connectivity index (χ1) is 13.7. The molecule has 1 saturated carbocycles. The Balaban J connectivity index is 1.86. The number of hydrogen-bond acceptors (Lipinski definition) is 4. The molecule has 0 aliphatic heterocycles. The largest absolute Gasteiger partial charge is 0.392 e. The lowest BCUT2D eigenvalue weighted by Gasteiger charge is -2.23. The molecular formula is C24H26N2O2. The zero-order valence-corrected chi connectivity index (χ0v) is 16.2.